The normalized spacial score (nSPS) is 18.0. The van der Waals surface area contributed by atoms with E-state index in [0.29, 0.717) is 30.2 Å². The van der Waals surface area contributed by atoms with E-state index in [1.165, 1.54) is 6.07 Å². The molecule has 0 spiro atoms. The van der Waals surface area contributed by atoms with E-state index >= 15 is 0 Å². The Kier molecular flexibility index (Phi) is 5.64. The topological polar surface area (TPSA) is 79.5 Å². The van der Waals surface area contributed by atoms with Crippen molar-refractivity contribution in [2.75, 3.05) is 6.61 Å². The zero-order valence-corrected chi connectivity index (χ0v) is 16.0. The predicted octanol–water partition coefficient (Wildman–Crippen LogP) is 3.43. The molecule has 0 bridgehead atoms. The molecule has 1 unspecified atom stereocenters. The molecule has 152 valence electrons. The first-order valence-electron chi connectivity index (χ1n) is 9.95. The van der Waals surface area contributed by atoms with E-state index < -0.39 is 5.82 Å². The van der Waals surface area contributed by atoms with E-state index in [0.717, 1.165) is 24.8 Å². The number of urea groups is 1. The molecule has 1 atom stereocenters. The number of amides is 3. The highest BCUT2D eigenvalue weighted by atomic mass is 19.1. The molecule has 4 rings (SSSR count). The largest absolute Gasteiger partial charge is 0.490 e. The van der Waals surface area contributed by atoms with Crippen molar-refractivity contribution in [3.8, 4) is 5.75 Å². The van der Waals surface area contributed by atoms with Crippen molar-refractivity contribution in [1.29, 1.82) is 0 Å². The summed E-state index contributed by atoms with van der Waals surface area (Å²) in [6.45, 7) is 0.707. The monoisotopic (exact) mass is 397 g/mol. The second-order valence-electron chi connectivity index (χ2n) is 7.48. The van der Waals surface area contributed by atoms with Gasteiger partial charge < -0.3 is 20.7 Å². The number of carbonyl (C=O) groups is 2. The van der Waals surface area contributed by atoms with Gasteiger partial charge in [0, 0.05) is 23.7 Å². The van der Waals surface area contributed by atoms with Crippen LogP contribution in [0, 0.1) is 5.82 Å². The SMILES string of the molecule is O=C(NCc1cccc(C(=O)NC2CC2)c1)NC1CCCOc2c(F)cccc21. The maximum Gasteiger partial charge on any atom is 0.315 e. The van der Waals surface area contributed by atoms with Crippen LogP contribution in [0.3, 0.4) is 0 Å². The highest BCUT2D eigenvalue weighted by Gasteiger charge is 2.25. The third-order valence-electron chi connectivity index (χ3n) is 5.12. The lowest BCUT2D eigenvalue weighted by Gasteiger charge is -2.19. The Balaban J connectivity index is 1.36. The first-order chi connectivity index (χ1) is 14.1. The molecule has 1 saturated carbocycles. The standard InChI is InChI=1S/C22H24FN3O3/c23-18-7-2-6-17-19(8-3-11-29-20(17)18)26-22(28)24-13-14-4-1-5-15(12-14)21(27)25-16-9-10-16/h1-2,4-7,12,16,19H,3,8-11,13H2,(H,25,27)(H2,24,26,28). The number of para-hydroxylation sites is 1. The fourth-order valence-corrected chi connectivity index (χ4v) is 3.43. The van der Waals surface area contributed by atoms with E-state index in [-0.39, 0.29) is 30.3 Å². The molecule has 6 nitrogen and oxygen atoms in total. The molecule has 2 aromatic rings. The fourth-order valence-electron chi connectivity index (χ4n) is 3.43. The minimum absolute atomic E-state index is 0.0871. The summed E-state index contributed by atoms with van der Waals surface area (Å²) >= 11 is 0. The van der Waals surface area contributed by atoms with E-state index in [9.17, 15) is 14.0 Å². The van der Waals surface area contributed by atoms with Gasteiger partial charge in [0.15, 0.2) is 11.6 Å². The van der Waals surface area contributed by atoms with Gasteiger partial charge in [-0.1, -0.05) is 24.3 Å². The van der Waals surface area contributed by atoms with Crippen molar-refractivity contribution in [3.05, 3.63) is 65.0 Å². The Labute approximate surface area is 168 Å². The van der Waals surface area contributed by atoms with Gasteiger partial charge in [-0.25, -0.2) is 9.18 Å². The molecule has 3 amide bonds. The Morgan fingerprint density at radius 2 is 1.90 bits per heavy atom. The maximum atomic E-state index is 14.0. The third-order valence-corrected chi connectivity index (χ3v) is 5.12. The number of carbonyl (C=O) groups excluding carboxylic acids is 2. The minimum Gasteiger partial charge on any atom is -0.490 e. The summed E-state index contributed by atoms with van der Waals surface area (Å²) < 4.78 is 19.5. The van der Waals surface area contributed by atoms with Crippen LogP contribution >= 0.6 is 0 Å². The van der Waals surface area contributed by atoms with Crippen LogP contribution in [0.15, 0.2) is 42.5 Å². The van der Waals surface area contributed by atoms with Gasteiger partial charge in [0.25, 0.3) is 5.91 Å². The zero-order valence-electron chi connectivity index (χ0n) is 16.0. The van der Waals surface area contributed by atoms with Gasteiger partial charge in [0.2, 0.25) is 0 Å². The van der Waals surface area contributed by atoms with E-state index in [2.05, 4.69) is 16.0 Å². The smallest absolute Gasteiger partial charge is 0.315 e. The first kappa shape index (κ1) is 19.2. The molecule has 1 aliphatic carbocycles. The van der Waals surface area contributed by atoms with Crippen LogP contribution in [0.2, 0.25) is 0 Å². The van der Waals surface area contributed by atoms with Gasteiger partial charge in [0.1, 0.15) is 0 Å². The lowest BCUT2D eigenvalue weighted by molar-refractivity contribution is 0.0951. The lowest BCUT2D eigenvalue weighted by atomic mass is 10.0. The second kappa shape index (κ2) is 8.51. The summed E-state index contributed by atoms with van der Waals surface area (Å²) in [5.41, 5.74) is 2.07. The van der Waals surface area contributed by atoms with Crippen LogP contribution in [0.25, 0.3) is 0 Å². The molecule has 7 heteroatoms. The van der Waals surface area contributed by atoms with Crippen LogP contribution in [0.5, 0.6) is 5.75 Å². The summed E-state index contributed by atoms with van der Waals surface area (Å²) in [4.78, 5) is 24.6. The summed E-state index contributed by atoms with van der Waals surface area (Å²) in [5, 5.41) is 8.68. The highest BCUT2D eigenvalue weighted by molar-refractivity contribution is 5.94. The number of hydrogen-bond donors (Lipinski definition) is 3. The Bertz CT molecular complexity index is 914. The first-order valence-corrected chi connectivity index (χ1v) is 9.95. The average molecular weight is 397 g/mol. The quantitative estimate of drug-likeness (QED) is 0.723. The van der Waals surface area contributed by atoms with Crippen LogP contribution < -0.4 is 20.7 Å². The molecule has 0 saturated heterocycles. The van der Waals surface area contributed by atoms with E-state index in [1.54, 1.807) is 30.3 Å². The van der Waals surface area contributed by atoms with Gasteiger partial charge in [-0.2, -0.15) is 0 Å². The highest BCUT2D eigenvalue weighted by Crippen LogP contribution is 2.33. The Morgan fingerprint density at radius 1 is 1.07 bits per heavy atom. The van der Waals surface area contributed by atoms with Crippen molar-refractivity contribution < 1.29 is 18.7 Å². The Hall–Kier alpha value is -3.09. The van der Waals surface area contributed by atoms with E-state index in [4.69, 9.17) is 4.74 Å². The average Bonchev–Trinajstić information content (AvgIpc) is 3.55. The van der Waals surface area contributed by atoms with Crippen molar-refractivity contribution in [2.45, 2.75) is 44.3 Å². The van der Waals surface area contributed by atoms with Crippen LogP contribution in [-0.4, -0.2) is 24.6 Å². The van der Waals surface area contributed by atoms with Gasteiger partial charge in [0.05, 0.1) is 12.6 Å². The van der Waals surface area contributed by atoms with Gasteiger partial charge in [-0.05, 0) is 49.4 Å². The minimum atomic E-state index is -0.419. The second-order valence-corrected chi connectivity index (χ2v) is 7.48. The molecule has 2 aromatic carbocycles. The van der Waals surface area contributed by atoms with E-state index in [1.807, 2.05) is 6.07 Å². The summed E-state index contributed by atoms with van der Waals surface area (Å²) in [6.07, 6.45) is 3.46. The molecule has 0 radical (unpaired) electrons. The number of nitrogens with one attached hydrogen (secondary N) is 3. The molecule has 1 aliphatic heterocycles. The molecule has 3 N–H and O–H groups in total. The Morgan fingerprint density at radius 3 is 2.72 bits per heavy atom. The summed E-state index contributed by atoms with van der Waals surface area (Å²) in [5.74, 6) is -0.293. The van der Waals surface area contributed by atoms with Crippen molar-refractivity contribution in [2.24, 2.45) is 0 Å². The van der Waals surface area contributed by atoms with Crippen LogP contribution in [0.1, 0.15) is 53.2 Å². The molecular formula is C22H24FN3O3. The van der Waals surface area contributed by atoms with Crippen molar-refractivity contribution in [1.82, 2.24) is 16.0 Å². The molecule has 0 aromatic heterocycles. The number of benzene rings is 2. The number of fused-ring (bicyclic) bond motifs is 1. The number of rotatable bonds is 5. The molecule has 1 heterocycles. The van der Waals surface area contributed by atoms with Gasteiger partial charge in [-0.3, -0.25) is 4.79 Å². The summed E-state index contributed by atoms with van der Waals surface area (Å²) in [6, 6.07) is 11.6. The van der Waals surface area contributed by atoms with Crippen LogP contribution in [0.4, 0.5) is 9.18 Å². The molecule has 1 fully saturated rings. The fraction of sp³-hybridized carbons (Fsp3) is 0.364. The maximum absolute atomic E-state index is 14.0. The van der Waals surface area contributed by atoms with Gasteiger partial charge >= 0.3 is 6.03 Å². The molecule has 2 aliphatic rings. The molecule has 29 heavy (non-hydrogen) atoms. The number of hydrogen-bond acceptors (Lipinski definition) is 3. The zero-order chi connectivity index (χ0) is 20.2. The predicted molar refractivity (Wildman–Crippen MR) is 106 cm³/mol. The van der Waals surface area contributed by atoms with Crippen LogP contribution in [-0.2, 0) is 6.54 Å². The van der Waals surface area contributed by atoms with Crippen molar-refractivity contribution in [3.63, 3.8) is 0 Å². The summed E-state index contributed by atoms with van der Waals surface area (Å²) in [7, 11) is 0. The molecular weight excluding hydrogens is 373 g/mol. The number of ether oxygens (including phenoxy) is 1. The number of halogens is 1. The van der Waals surface area contributed by atoms with Crippen molar-refractivity contribution >= 4 is 11.9 Å². The third kappa shape index (κ3) is 4.85. The lowest BCUT2D eigenvalue weighted by Crippen LogP contribution is -2.37. The van der Waals surface area contributed by atoms with Gasteiger partial charge in [-0.15, -0.1) is 0 Å².